The van der Waals surface area contributed by atoms with E-state index in [-0.39, 0.29) is 48.4 Å². The number of amides is 1. The molecule has 52 heavy (non-hydrogen) atoms. The third kappa shape index (κ3) is 5.84. The molecule has 1 amide bonds. The minimum atomic E-state index is -3.51. The quantitative estimate of drug-likeness (QED) is 0.243. The monoisotopic (exact) mass is 727 g/mol. The van der Waals surface area contributed by atoms with Crippen LogP contribution in [-0.4, -0.2) is 75.1 Å². The molecule has 6 fully saturated rings. The van der Waals surface area contributed by atoms with E-state index in [1.165, 1.54) is 0 Å². The number of aliphatic carboxylic acids is 1. The second-order valence-corrected chi connectivity index (χ2v) is 16.8. The van der Waals surface area contributed by atoms with Crippen LogP contribution in [0.5, 0.6) is 5.75 Å². The topological polar surface area (TPSA) is 108 Å². The zero-order valence-corrected chi connectivity index (χ0v) is 30.1. The Morgan fingerprint density at radius 1 is 0.981 bits per heavy atom. The van der Waals surface area contributed by atoms with Crippen LogP contribution in [0, 0.1) is 23.7 Å². The zero-order chi connectivity index (χ0) is 36.8. The van der Waals surface area contributed by atoms with Gasteiger partial charge in [0.05, 0.1) is 24.8 Å². The number of ether oxygens (including phenoxy) is 1. The minimum Gasteiger partial charge on any atom is -0.490 e. The predicted molar refractivity (Wildman–Crippen MR) is 185 cm³/mol. The van der Waals surface area contributed by atoms with Gasteiger partial charge in [-0.05, 0) is 118 Å². The van der Waals surface area contributed by atoms with Crippen molar-refractivity contribution >= 4 is 23.5 Å². The molecule has 4 bridgehead atoms. The number of rotatable bonds is 10. The van der Waals surface area contributed by atoms with Crippen molar-refractivity contribution < 1.29 is 37.0 Å². The highest BCUT2D eigenvalue weighted by atomic mass is 19.3. The maximum absolute atomic E-state index is 15.4. The van der Waals surface area contributed by atoms with Crippen molar-refractivity contribution in [2.75, 3.05) is 24.5 Å². The molecule has 13 heteroatoms. The van der Waals surface area contributed by atoms with Crippen molar-refractivity contribution in [3.05, 3.63) is 41.2 Å². The van der Waals surface area contributed by atoms with Gasteiger partial charge in [0.1, 0.15) is 17.0 Å². The maximum atomic E-state index is 15.4. The summed E-state index contributed by atoms with van der Waals surface area (Å²) in [5, 5.41) is 13.3. The summed E-state index contributed by atoms with van der Waals surface area (Å²) in [7, 11) is 0. The highest BCUT2D eigenvalue weighted by molar-refractivity contribution is 5.99. The number of anilines is 2. The zero-order valence-electron chi connectivity index (χ0n) is 30.1. The van der Waals surface area contributed by atoms with Crippen molar-refractivity contribution in [3.63, 3.8) is 0 Å². The fourth-order valence-electron chi connectivity index (χ4n) is 11.1. The summed E-state index contributed by atoms with van der Waals surface area (Å²) in [6, 6.07) is 5.96. The van der Waals surface area contributed by atoms with Gasteiger partial charge in [-0.2, -0.15) is 8.78 Å². The molecule has 2 N–H and O–H groups in total. The van der Waals surface area contributed by atoms with Crippen LogP contribution in [-0.2, 0) is 16.1 Å². The Morgan fingerprint density at radius 3 is 2.17 bits per heavy atom. The Hall–Kier alpha value is -3.48. The number of carbonyl (C=O) groups excluding carboxylic acids is 1. The Bertz CT molecular complexity index is 1700. The SMILES string of the molecule is CCC1(CC)CN(c2ncc(C(=O)NC3(C(=O)O)C4CC5CC(C4)CC3C5)c(C(C)(F)F)n2)c2ccc(O[C@H]3CC[C@@H](N4CC(F)(F)C4)CC3)cc21. The molecular weight excluding hydrogens is 678 g/mol. The number of benzene rings is 1. The number of likely N-dealkylation sites (tertiary alicyclic amines) is 1. The van der Waals surface area contributed by atoms with Crippen molar-refractivity contribution in [1.29, 1.82) is 0 Å². The Morgan fingerprint density at radius 2 is 1.62 bits per heavy atom. The summed E-state index contributed by atoms with van der Waals surface area (Å²) < 4.78 is 64.1. The van der Waals surface area contributed by atoms with Gasteiger partial charge in [0, 0.05) is 36.8 Å². The molecule has 0 unspecified atom stereocenters. The molecule has 0 atom stereocenters. The number of nitrogens with zero attached hydrogens (tertiary/aromatic N) is 4. The van der Waals surface area contributed by atoms with Crippen LogP contribution in [0.15, 0.2) is 24.4 Å². The van der Waals surface area contributed by atoms with Crippen LogP contribution in [0.2, 0.25) is 0 Å². The summed E-state index contributed by atoms with van der Waals surface area (Å²) in [4.78, 5) is 39.3. The molecule has 5 saturated carbocycles. The molecule has 1 aromatic carbocycles. The fourth-order valence-corrected chi connectivity index (χ4v) is 11.1. The molecule has 9 rings (SSSR count). The molecule has 2 aliphatic heterocycles. The van der Waals surface area contributed by atoms with E-state index in [1.807, 2.05) is 28.0 Å². The lowest BCUT2D eigenvalue weighted by Crippen LogP contribution is -2.70. The predicted octanol–water partition coefficient (Wildman–Crippen LogP) is 7.45. The standard InChI is InChI=1S/C39H49F4N5O4/c1-4-37(5-2)19-48(31-11-10-28(17-30(31)37)52-27-8-6-26(7-9-27)47-20-38(42,43)21-47)35-44-18-29(32(45-35)36(3,40)41)33(49)46-39(34(50)51)24-13-22-12-23(15-24)16-25(39)14-22/h10-11,17-18,22-27H,4-9,12-16,19-21H2,1-3H3,(H,46,49)(H,50,51)/t22?,23?,24?,25?,26-,27+,39?. The minimum absolute atomic E-state index is 0.0262. The van der Waals surface area contributed by atoms with Gasteiger partial charge in [0.15, 0.2) is 0 Å². The van der Waals surface area contributed by atoms with Gasteiger partial charge in [0.2, 0.25) is 5.95 Å². The Balaban J connectivity index is 1.04. The second-order valence-electron chi connectivity index (χ2n) is 16.8. The van der Waals surface area contributed by atoms with E-state index in [0.29, 0.717) is 56.7 Å². The summed E-state index contributed by atoms with van der Waals surface area (Å²) in [5.74, 6) is -6.89. The van der Waals surface area contributed by atoms with Crippen molar-refractivity contribution in [3.8, 4) is 5.75 Å². The lowest BCUT2D eigenvalue weighted by molar-refractivity contribution is -0.163. The van der Waals surface area contributed by atoms with E-state index in [4.69, 9.17) is 4.74 Å². The van der Waals surface area contributed by atoms with E-state index in [2.05, 4.69) is 29.1 Å². The third-order valence-corrected chi connectivity index (χ3v) is 13.8. The van der Waals surface area contributed by atoms with Crippen LogP contribution in [0.4, 0.5) is 29.2 Å². The van der Waals surface area contributed by atoms with Crippen molar-refractivity contribution in [1.82, 2.24) is 20.2 Å². The van der Waals surface area contributed by atoms with Gasteiger partial charge < -0.3 is 20.1 Å². The molecule has 0 radical (unpaired) electrons. The molecule has 0 spiro atoms. The number of alkyl halides is 4. The number of carboxylic acid groups (broad SMARTS) is 1. The first-order valence-electron chi connectivity index (χ1n) is 19.2. The first kappa shape index (κ1) is 35.5. The lowest BCUT2D eigenvalue weighted by atomic mass is 9.48. The molecule has 5 aliphatic carbocycles. The average molecular weight is 728 g/mol. The van der Waals surface area contributed by atoms with E-state index >= 15 is 8.78 Å². The highest BCUT2D eigenvalue weighted by Crippen LogP contribution is 2.58. The van der Waals surface area contributed by atoms with Gasteiger partial charge in [0.25, 0.3) is 17.8 Å². The van der Waals surface area contributed by atoms with Crippen LogP contribution in [0.1, 0.15) is 113 Å². The summed E-state index contributed by atoms with van der Waals surface area (Å²) in [6.45, 7) is 5.00. The number of aromatic nitrogens is 2. The molecule has 1 aromatic heterocycles. The second kappa shape index (κ2) is 12.6. The highest BCUT2D eigenvalue weighted by Gasteiger charge is 2.62. The van der Waals surface area contributed by atoms with Gasteiger partial charge in [-0.3, -0.25) is 9.69 Å². The summed E-state index contributed by atoms with van der Waals surface area (Å²) in [5.41, 5.74) is -1.19. The summed E-state index contributed by atoms with van der Waals surface area (Å²) in [6.07, 6.45) is 9.76. The van der Waals surface area contributed by atoms with E-state index < -0.39 is 40.5 Å². The first-order valence-corrected chi connectivity index (χ1v) is 19.2. The Kier molecular flexibility index (Phi) is 8.58. The van der Waals surface area contributed by atoms with Gasteiger partial charge >= 0.3 is 5.97 Å². The van der Waals surface area contributed by atoms with Crippen molar-refractivity contribution in [2.45, 2.75) is 126 Å². The van der Waals surface area contributed by atoms with E-state index in [0.717, 1.165) is 62.4 Å². The molecule has 3 heterocycles. The smallest absolute Gasteiger partial charge is 0.330 e. The number of halogens is 4. The van der Waals surface area contributed by atoms with Crippen molar-refractivity contribution in [2.24, 2.45) is 23.7 Å². The number of hydrogen-bond donors (Lipinski definition) is 2. The molecular formula is C39H49F4N5O4. The molecule has 1 saturated heterocycles. The number of nitrogens with one attached hydrogen (secondary N) is 1. The van der Waals surface area contributed by atoms with E-state index in [9.17, 15) is 23.5 Å². The van der Waals surface area contributed by atoms with Crippen LogP contribution >= 0.6 is 0 Å². The number of fused-ring (bicyclic) bond motifs is 1. The number of carboxylic acids is 1. The number of carbonyl (C=O) groups is 2. The summed E-state index contributed by atoms with van der Waals surface area (Å²) >= 11 is 0. The first-order chi connectivity index (χ1) is 24.6. The Labute approximate surface area is 301 Å². The lowest BCUT2D eigenvalue weighted by Gasteiger charge is -2.59. The molecule has 9 nitrogen and oxygen atoms in total. The van der Waals surface area contributed by atoms with Crippen LogP contribution in [0.3, 0.4) is 0 Å². The fraction of sp³-hybridized carbons (Fsp3) is 0.692. The van der Waals surface area contributed by atoms with Gasteiger partial charge in [-0.1, -0.05) is 13.8 Å². The molecule has 7 aliphatic rings. The largest absolute Gasteiger partial charge is 0.490 e. The molecule has 282 valence electrons. The van der Waals surface area contributed by atoms with Crippen LogP contribution < -0.4 is 15.0 Å². The molecule has 2 aromatic rings. The van der Waals surface area contributed by atoms with Gasteiger partial charge in [-0.15, -0.1) is 0 Å². The third-order valence-electron chi connectivity index (χ3n) is 13.8. The van der Waals surface area contributed by atoms with Crippen LogP contribution in [0.25, 0.3) is 0 Å². The van der Waals surface area contributed by atoms with Gasteiger partial charge in [-0.25, -0.2) is 23.5 Å². The van der Waals surface area contributed by atoms with E-state index in [1.54, 1.807) is 0 Å². The normalized spacial score (nSPS) is 33.0. The average Bonchev–Trinajstić information content (AvgIpc) is 3.42. The maximum Gasteiger partial charge on any atom is 0.330 e. The number of hydrogen-bond acceptors (Lipinski definition) is 7.